The summed E-state index contributed by atoms with van der Waals surface area (Å²) in [5, 5.41) is 0. The van der Waals surface area contributed by atoms with Gasteiger partial charge in [0.15, 0.2) is 0 Å². The van der Waals surface area contributed by atoms with Crippen molar-refractivity contribution in [3.05, 3.63) is 65.5 Å². The first-order valence-electron chi connectivity index (χ1n) is 8.35. The molecule has 1 amide bonds. The Morgan fingerprint density at radius 2 is 1.69 bits per heavy atom. The lowest BCUT2D eigenvalue weighted by atomic mass is 10.1. The minimum atomic E-state index is -3.60. The predicted molar refractivity (Wildman–Crippen MR) is 98.7 cm³/mol. The third-order valence-electron chi connectivity index (χ3n) is 4.06. The lowest BCUT2D eigenvalue weighted by Crippen LogP contribution is -2.32. The average Bonchev–Trinajstić information content (AvgIpc) is 2.62. The summed E-state index contributed by atoms with van der Waals surface area (Å²) < 4.78 is 40.0. The molecule has 0 spiro atoms. The van der Waals surface area contributed by atoms with Crippen LogP contribution in [0.1, 0.15) is 36.2 Å². The number of carbonyl (C=O) groups is 1. The Kier molecular flexibility index (Phi) is 6.50. The first-order chi connectivity index (χ1) is 12.2. The van der Waals surface area contributed by atoms with Gasteiger partial charge in [-0.2, -0.15) is 0 Å². The van der Waals surface area contributed by atoms with Gasteiger partial charge in [0.2, 0.25) is 10.0 Å². The van der Waals surface area contributed by atoms with Gasteiger partial charge in [-0.05, 0) is 55.3 Å². The molecule has 0 aromatic heterocycles. The molecular weight excluding hydrogens is 355 g/mol. The highest BCUT2D eigenvalue weighted by molar-refractivity contribution is 7.89. The van der Waals surface area contributed by atoms with Crippen LogP contribution in [0.3, 0.4) is 0 Å². The van der Waals surface area contributed by atoms with Crippen LogP contribution in [0.2, 0.25) is 0 Å². The summed E-state index contributed by atoms with van der Waals surface area (Å²) in [6.45, 7) is 4.01. The summed E-state index contributed by atoms with van der Waals surface area (Å²) in [7, 11) is -1.96. The van der Waals surface area contributed by atoms with E-state index in [1.165, 1.54) is 41.3 Å². The van der Waals surface area contributed by atoms with E-state index in [0.29, 0.717) is 18.5 Å². The second-order valence-corrected chi connectivity index (χ2v) is 7.96. The molecule has 0 saturated heterocycles. The fourth-order valence-electron chi connectivity index (χ4n) is 2.35. The molecule has 0 aliphatic rings. The Morgan fingerprint density at radius 1 is 1.12 bits per heavy atom. The van der Waals surface area contributed by atoms with Gasteiger partial charge >= 0.3 is 0 Å². The molecule has 0 aliphatic heterocycles. The summed E-state index contributed by atoms with van der Waals surface area (Å²) >= 11 is 0. The second-order valence-electron chi connectivity index (χ2n) is 6.24. The quantitative estimate of drug-likeness (QED) is 0.805. The molecule has 2 rings (SSSR count). The van der Waals surface area contributed by atoms with E-state index in [9.17, 15) is 17.6 Å². The molecule has 0 saturated carbocycles. The van der Waals surface area contributed by atoms with Gasteiger partial charge in [-0.3, -0.25) is 4.79 Å². The minimum absolute atomic E-state index is 0.121. The van der Waals surface area contributed by atoms with Gasteiger partial charge in [0.25, 0.3) is 5.91 Å². The summed E-state index contributed by atoms with van der Waals surface area (Å²) in [5.41, 5.74) is 1.19. The van der Waals surface area contributed by atoms with Crippen molar-refractivity contribution < 1.29 is 17.6 Å². The van der Waals surface area contributed by atoms with Gasteiger partial charge in [0.1, 0.15) is 5.82 Å². The zero-order valence-corrected chi connectivity index (χ0v) is 15.9. The maximum Gasteiger partial charge on any atom is 0.253 e. The van der Waals surface area contributed by atoms with E-state index in [-0.39, 0.29) is 22.7 Å². The van der Waals surface area contributed by atoms with Crippen LogP contribution < -0.4 is 4.72 Å². The molecule has 2 aromatic carbocycles. The minimum Gasteiger partial charge on any atom is -0.337 e. The third-order valence-corrected chi connectivity index (χ3v) is 5.67. The number of benzene rings is 2. The van der Waals surface area contributed by atoms with Crippen LogP contribution in [0.25, 0.3) is 0 Å². The van der Waals surface area contributed by atoms with Gasteiger partial charge in [0, 0.05) is 25.2 Å². The smallest absolute Gasteiger partial charge is 0.253 e. The Hall–Kier alpha value is -2.25. The first-order valence-corrected chi connectivity index (χ1v) is 9.83. The van der Waals surface area contributed by atoms with E-state index in [1.807, 2.05) is 6.92 Å². The standard InChI is InChI=1S/C19H23FN2O3S/c1-4-14(2)21-26(24,25)18-11-7-16(8-12-18)19(23)22(3)13-15-5-9-17(20)10-6-15/h5-12,14,21H,4,13H2,1-3H3. The maximum absolute atomic E-state index is 12.9. The molecule has 1 N–H and O–H groups in total. The van der Waals surface area contributed by atoms with Crippen LogP contribution >= 0.6 is 0 Å². The van der Waals surface area contributed by atoms with E-state index in [1.54, 1.807) is 26.1 Å². The normalized spacial score (nSPS) is 12.6. The van der Waals surface area contributed by atoms with E-state index in [0.717, 1.165) is 5.56 Å². The van der Waals surface area contributed by atoms with Crippen molar-refractivity contribution in [2.75, 3.05) is 7.05 Å². The monoisotopic (exact) mass is 378 g/mol. The van der Waals surface area contributed by atoms with Crippen LogP contribution in [-0.4, -0.2) is 32.3 Å². The molecule has 0 bridgehead atoms. The van der Waals surface area contributed by atoms with Gasteiger partial charge in [-0.15, -0.1) is 0 Å². The lowest BCUT2D eigenvalue weighted by Gasteiger charge is -2.18. The van der Waals surface area contributed by atoms with E-state index in [2.05, 4.69) is 4.72 Å². The van der Waals surface area contributed by atoms with Crippen molar-refractivity contribution in [3.63, 3.8) is 0 Å². The third kappa shape index (κ3) is 5.12. The van der Waals surface area contributed by atoms with E-state index < -0.39 is 10.0 Å². The number of halogens is 1. The first kappa shape index (κ1) is 20.1. The zero-order valence-electron chi connectivity index (χ0n) is 15.1. The highest BCUT2D eigenvalue weighted by atomic mass is 32.2. The Morgan fingerprint density at radius 3 is 2.23 bits per heavy atom. The molecule has 1 unspecified atom stereocenters. The van der Waals surface area contributed by atoms with Crippen molar-refractivity contribution >= 4 is 15.9 Å². The molecule has 5 nitrogen and oxygen atoms in total. The van der Waals surface area contributed by atoms with Crippen LogP contribution in [0.15, 0.2) is 53.4 Å². The molecule has 140 valence electrons. The van der Waals surface area contributed by atoms with Gasteiger partial charge < -0.3 is 4.90 Å². The van der Waals surface area contributed by atoms with Gasteiger partial charge in [-0.25, -0.2) is 17.5 Å². The molecule has 2 aromatic rings. The number of rotatable bonds is 7. The predicted octanol–water partition coefficient (Wildman–Crippen LogP) is 3.17. The SMILES string of the molecule is CCC(C)NS(=O)(=O)c1ccc(C(=O)N(C)Cc2ccc(F)cc2)cc1. The second kappa shape index (κ2) is 8.42. The van der Waals surface area contributed by atoms with Crippen LogP contribution in [0.4, 0.5) is 4.39 Å². The van der Waals surface area contributed by atoms with Gasteiger partial charge in [0.05, 0.1) is 4.90 Å². The number of nitrogens with one attached hydrogen (secondary N) is 1. The summed E-state index contributed by atoms with van der Waals surface area (Å²) in [4.78, 5) is 14.1. The maximum atomic E-state index is 12.9. The van der Waals surface area contributed by atoms with Gasteiger partial charge in [-0.1, -0.05) is 19.1 Å². The van der Waals surface area contributed by atoms with Crippen LogP contribution in [0.5, 0.6) is 0 Å². The largest absolute Gasteiger partial charge is 0.337 e. The van der Waals surface area contributed by atoms with Crippen LogP contribution in [-0.2, 0) is 16.6 Å². The molecule has 0 fully saturated rings. The average molecular weight is 378 g/mol. The number of hydrogen-bond donors (Lipinski definition) is 1. The Bertz CT molecular complexity index is 849. The fourth-order valence-corrected chi connectivity index (χ4v) is 3.68. The lowest BCUT2D eigenvalue weighted by molar-refractivity contribution is 0.0785. The fraction of sp³-hybridized carbons (Fsp3) is 0.316. The molecule has 0 aliphatic carbocycles. The number of amides is 1. The summed E-state index contributed by atoms with van der Waals surface area (Å²) in [6.07, 6.45) is 0.685. The topological polar surface area (TPSA) is 66.5 Å². The molecular formula is C19H23FN2O3S. The molecule has 0 radical (unpaired) electrons. The summed E-state index contributed by atoms with van der Waals surface area (Å²) in [6, 6.07) is 11.6. The van der Waals surface area contributed by atoms with Crippen molar-refractivity contribution in [3.8, 4) is 0 Å². The number of carbonyl (C=O) groups excluding carboxylic acids is 1. The molecule has 26 heavy (non-hydrogen) atoms. The number of sulfonamides is 1. The van der Waals surface area contributed by atoms with E-state index >= 15 is 0 Å². The Balaban J connectivity index is 2.09. The van der Waals surface area contributed by atoms with E-state index in [4.69, 9.17) is 0 Å². The van der Waals surface area contributed by atoms with Crippen molar-refractivity contribution in [1.29, 1.82) is 0 Å². The van der Waals surface area contributed by atoms with Crippen molar-refractivity contribution in [2.45, 2.75) is 37.8 Å². The van der Waals surface area contributed by atoms with Crippen LogP contribution in [0, 0.1) is 5.82 Å². The van der Waals surface area contributed by atoms with Crippen molar-refractivity contribution in [2.24, 2.45) is 0 Å². The molecule has 7 heteroatoms. The highest BCUT2D eigenvalue weighted by Gasteiger charge is 2.18. The molecule has 0 heterocycles. The highest BCUT2D eigenvalue weighted by Crippen LogP contribution is 2.14. The zero-order chi connectivity index (χ0) is 19.3. The number of nitrogens with zero attached hydrogens (tertiary/aromatic N) is 1. The summed E-state index contributed by atoms with van der Waals surface area (Å²) in [5.74, 6) is -0.571. The Labute approximate surface area is 153 Å². The van der Waals surface area contributed by atoms with Crippen molar-refractivity contribution in [1.82, 2.24) is 9.62 Å². The number of hydrogen-bond acceptors (Lipinski definition) is 3. The molecule has 1 atom stereocenters.